The first-order chi connectivity index (χ1) is 12.7. The van der Waals surface area contributed by atoms with Crippen molar-refractivity contribution in [1.82, 2.24) is 0 Å². The van der Waals surface area contributed by atoms with Gasteiger partial charge in [0.1, 0.15) is 29.5 Å². The van der Waals surface area contributed by atoms with Crippen molar-refractivity contribution in [2.45, 2.75) is 19.1 Å². The lowest BCUT2D eigenvalue weighted by Gasteiger charge is -2.22. The van der Waals surface area contributed by atoms with E-state index in [-0.39, 0.29) is 11.9 Å². The molecule has 0 saturated carbocycles. The summed E-state index contributed by atoms with van der Waals surface area (Å²) in [4.78, 5) is 0. The van der Waals surface area contributed by atoms with Crippen LogP contribution >= 0.6 is 0 Å². The van der Waals surface area contributed by atoms with E-state index in [9.17, 15) is 5.11 Å². The summed E-state index contributed by atoms with van der Waals surface area (Å²) in [6, 6.07) is 24.5. The summed E-state index contributed by atoms with van der Waals surface area (Å²) in [6.45, 7) is 5.83. The molecule has 3 rings (SSSR count). The number of benzene rings is 3. The maximum Gasteiger partial charge on any atom is 0.145 e. The highest BCUT2D eigenvalue weighted by Crippen LogP contribution is 2.34. The third-order valence-electron chi connectivity index (χ3n) is 4.12. The highest BCUT2D eigenvalue weighted by atomic mass is 16.5. The molecule has 3 aromatic rings. The zero-order valence-electron chi connectivity index (χ0n) is 14.7. The van der Waals surface area contributed by atoms with Crippen molar-refractivity contribution in [1.29, 1.82) is 0 Å². The van der Waals surface area contributed by atoms with Gasteiger partial charge in [-0.2, -0.15) is 0 Å². The lowest BCUT2D eigenvalue weighted by Crippen LogP contribution is -2.10. The fraction of sp³-hybridized carbons (Fsp3) is 0.130. The highest BCUT2D eigenvalue weighted by molar-refractivity contribution is 5.40. The minimum Gasteiger partial charge on any atom is -0.508 e. The number of phenols is 1. The van der Waals surface area contributed by atoms with Gasteiger partial charge in [0.15, 0.2) is 0 Å². The Balaban J connectivity index is 1.84. The van der Waals surface area contributed by atoms with Crippen molar-refractivity contribution in [2.24, 2.45) is 0 Å². The Morgan fingerprint density at radius 2 is 1.42 bits per heavy atom. The number of ether oxygens (including phenoxy) is 2. The molecule has 0 aliphatic rings. The fourth-order valence-electron chi connectivity index (χ4n) is 2.79. The van der Waals surface area contributed by atoms with Crippen LogP contribution in [-0.4, -0.2) is 5.11 Å². The van der Waals surface area contributed by atoms with E-state index in [1.807, 2.05) is 73.7 Å². The summed E-state index contributed by atoms with van der Waals surface area (Å²) >= 11 is 0. The minimum atomic E-state index is -0.457. The van der Waals surface area contributed by atoms with Gasteiger partial charge in [0.2, 0.25) is 0 Å². The normalized spacial score (nSPS) is 12.8. The molecule has 0 radical (unpaired) electrons. The van der Waals surface area contributed by atoms with Crippen LogP contribution in [0.25, 0.3) is 0 Å². The Labute approximate surface area is 154 Å². The van der Waals surface area contributed by atoms with Gasteiger partial charge in [-0.3, -0.25) is 0 Å². The number of phenolic OH excluding ortho intramolecular Hbond substituents is 1. The second-order valence-corrected chi connectivity index (χ2v) is 5.94. The van der Waals surface area contributed by atoms with Gasteiger partial charge in [0, 0.05) is 11.1 Å². The molecule has 132 valence electrons. The Morgan fingerprint density at radius 1 is 0.808 bits per heavy atom. The van der Waals surface area contributed by atoms with Crippen LogP contribution < -0.4 is 9.47 Å². The van der Waals surface area contributed by atoms with Crippen LogP contribution in [0.2, 0.25) is 0 Å². The molecule has 0 fully saturated rings. The van der Waals surface area contributed by atoms with Gasteiger partial charge in [-0.25, -0.2) is 0 Å². The monoisotopic (exact) mass is 346 g/mol. The van der Waals surface area contributed by atoms with Gasteiger partial charge in [0.25, 0.3) is 0 Å². The summed E-state index contributed by atoms with van der Waals surface area (Å²) in [5.41, 5.74) is 1.60. The molecule has 3 heteroatoms. The SMILES string of the molecule is C=CC(Oc1ccccc1C(C)Oc1ccccc1)c1ccccc1O. The predicted molar refractivity (Wildman–Crippen MR) is 104 cm³/mol. The standard InChI is InChI=1S/C23H22O3/c1-3-22(20-14-7-9-15-21(20)24)26-23-16-10-8-13-19(23)17(2)25-18-11-5-4-6-12-18/h3-17,22,24H,1H2,2H3. The van der Waals surface area contributed by atoms with E-state index in [0.29, 0.717) is 11.3 Å². The maximum absolute atomic E-state index is 10.1. The van der Waals surface area contributed by atoms with Crippen LogP contribution in [0.1, 0.15) is 30.3 Å². The van der Waals surface area contributed by atoms with Gasteiger partial charge < -0.3 is 14.6 Å². The van der Waals surface area contributed by atoms with E-state index in [1.54, 1.807) is 18.2 Å². The van der Waals surface area contributed by atoms with Crippen molar-refractivity contribution in [3.8, 4) is 17.2 Å². The fourth-order valence-corrected chi connectivity index (χ4v) is 2.79. The zero-order chi connectivity index (χ0) is 18.4. The highest BCUT2D eigenvalue weighted by Gasteiger charge is 2.18. The predicted octanol–water partition coefficient (Wildman–Crippen LogP) is 5.84. The molecule has 1 N–H and O–H groups in total. The Kier molecular flexibility index (Phi) is 5.59. The Morgan fingerprint density at radius 3 is 2.12 bits per heavy atom. The van der Waals surface area contributed by atoms with Gasteiger partial charge in [0.05, 0.1) is 0 Å². The Bertz CT molecular complexity index is 858. The van der Waals surface area contributed by atoms with E-state index in [4.69, 9.17) is 9.47 Å². The van der Waals surface area contributed by atoms with Crippen LogP contribution in [0, 0.1) is 0 Å². The van der Waals surface area contributed by atoms with Crippen LogP contribution in [0.3, 0.4) is 0 Å². The number of rotatable bonds is 7. The van der Waals surface area contributed by atoms with Gasteiger partial charge in [-0.15, -0.1) is 0 Å². The minimum absolute atomic E-state index is 0.184. The first-order valence-electron chi connectivity index (χ1n) is 8.56. The average Bonchev–Trinajstić information content (AvgIpc) is 2.68. The van der Waals surface area contributed by atoms with Gasteiger partial charge in [-0.1, -0.05) is 61.2 Å². The Hall–Kier alpha value is -3.20. The van der Waals surface area contributed by atoms with E-state index in [2.05, 4.69) is 6.58 Å². The zero-order valence-corrected chi connectivity index (χ0v) is 14.7. The van der Waals surface area contributed by atoms with E-state index >= 15 is 0 Å². The molecule has 2 unspecified atom stereocenters. The maximum atomic E-state index is 10.1. The second-order valence-electron chi connectivity index (χ2n) is 5.94. The molecule has 0 spiro atoms. The molecule has 0 amide bonds. The third kappa shape index (κ3) is 4.06. The van der Waals surface area contributed by atoms with Crippen molar-refractivity contribution < 1.29 is 14.6 Å². The summed E-state index contributed by atoms with van der Waals surface area (Å²) in [7, 11) is 0. The number of para-hydroxylation sites is 3. The summed E-state index contributed by atoms with van der Waals surface area (Å²) in [5, 5.41) is 10.1. The third-order valence-corrected chi connectivity index (χ3v) is 4.12. The second kappa shape index (κ2) is 8.26. The van der Waals surface area contributed by atoms with Gasteiger partial charge in [-0.05, 0) is 37.3 Å². The molecule has 0 saturated heterocycles. The summed E-state index contributed by atoms with van der Waals surface area (Å²) in [5.74, 6) is 1.68. The van der Waals surface area contributed by atoms with E-state index < -0.39 is 6.10 Å². The molecule has 0 heterocycles. The lowest BCUT2D eigenvalue weighted by atomic mass is 10.1. The topological polar surface area (TPSA) is 38.7 Å². The van der Waals surface area contributed by atoms with Crippen LogP contribution in [-0.2, 0) is 0 Å². The van der Waals surface area contributed by atoms with Crippen molar-refractivity contribution in [3.05, 3.63) is 103 Å². The van der Waals surface area contributed by atoms with Crippen molar-refractivity contribution in [3.63, 3.8) is 0 Å². The molecule has 2 atom stereocenters. The molecule has 0 aliphatic carbocycles. The molecular formula is C23H22O3. The molecule has 0 aromatic heterocycles. The number of hydrogen-bond donors (Lipinski definition) is 1. The average molecular weight is 346 g/mol. The molecule has 0 aliphatic heterocycles. The van der Waals surface area contributed by atoms with Crippen LogP contribution in [0.5, 0.6) is 17.2 Å². The number of hydrogen-bond acceptors (Lipinski definition) is 3. The smallest absolute Gasteiger partial charge is 0.145 e. The quantitative estimate of drug-likeness (QED) is 0.546. The van der Waals surface area contributed by atoms with Crippen LogP contribution in [0.4, 0.5) is 0 Å². The van der Waals surface area contributed by atoms with Gasteiger partial charge >= 0.3 is 0 Å². The van der Waals surface area contributed by atoms with Crippen LogP contribution in [0.15, 0.2) is 91.5 Å². The molecule has 0 bridgehead atoms. The van der Waals surface area contributed by atoms with E-state index in [0.717, 1.165) is 11.3 Å². The summed E-state index contributed by atoms with van der Waals surface area (Å²) in [6.07, 6.45) is 1.03. The first kappa shape index (κ1) is 17.6. The molecule has 3 aromatic carbocycles. The number of aromatic hydroxyl groups is 1. The largest absolute Gasteiger partial charge is 0.508 e. The summed E-state index contributed by atoms with van der Waals surface area (Å²) < 4.78 is 12.2. The molecular weight excluding hydrogens is 324 g/mol. The molecule has 26 heavy (non-hydrogen) atoms. The van der Waals surface area contributed by atoms with E-state index in [1.165, 1.54) is 0 Å². The first-order valence-corrected chi connectivity index (χ1v) is 8.56. The lowest BCUT2D eigenvalue weighted by molar-refractivity contribution is 0.205. The van der Waals surface area contributed by atoms with Crippen molar-refractivity contribution in [2.75, 3.05) is 0 Å². The molecule has 3 nitrogen and oxygen atoms in total. The van der Waals surface area contributed by atoms with Crippen molar-refractivity contribution >= 4 is 0 Å².